The predicted molar refractivity (Wildman–Crippen MR) is 47.8 cm³/mol. The summed E-state index contributed by atoms with van der Waals surface area (Å²) in [5.41, 5.74) is 0. The molecular formula is C5H13IMg. The molecular weight excluding hydrogens is 211 g/mol. The summed E-state index contributed by atoms with van der Waals surface area (Å²) in [6, 6.07) is 0. The van der Waals surface area contributed by atoms with Crippen LogP contribution in [0.1, 0.15) is 19.8 Å². The van der Waals surface area contributed by atoms with Crippen molar-refractivity contribution in [2.45, 2.75) is 19.8 Å². The molecule has 0 fully saturated rings. The fourth-order valence-corrected chi connectivity index (χ4v) is 0. The van der Waals surface area contributed by atoms with Crippen LogP contribution in [0.25, 0.3) is 0 Å². The molecule has 0 aliphatic heterocycles. The summed E-state index contributed by atoms with van der Waals surface area (Å²) in [7, 11) is 0. The van der Waals surface area contributed by atoms with Crippen LogP contribution >= 0.6 is 24.0 Å². The fraction of sp³-hybridized carbons (Fsp3) is 0.600. The summed E-state index contributed by atoms with van der Waals surface area (Å²) in [5, 5.41) is 0. The zero-order valence-electron chi connectivity index (χ0n) is 5.24. The van der Waals surface area contributed by atoms with E-state index in [-0.39, 0.29) is 54.5 Å². The van der Waals surface area contributed by atoms with Gasteiger partial charge in [0.2, 0.25) is 0 Å². The first-order chi connectivity index (χ1) is 1.91. The van der Waals surface area contributed by atoms with Crippen molar-refractivity contribution in [2.75, 3.05) is 0 Å². The van der Waals surface area contributed by atoms with Gasteiger partial charge in [-0.25, -0.2) is 0 Å². The summed E-state index contributed by atoms with van der Waals surface area (Å²) in [4.78, 5) is 0. The molecule has 0 rings (SSSR count). The Kier molecular flexibility index (Phi) is 87.3. The minimum Gasteiger partial charge on any atom is -0.358 e. The number of halogens is 1. The zero-order chi connectivity index (χ0) is 3.41. The predicted octanol–water partition coefficient (Wildman–Crippen LogP) is 2.31. The molecule has 0 aromatic carbocycles. The van der Waals surface area contributed by atoms with E-state index < -0.39 is 0 Å². The van der Waals surface area contributed by atoms with Crippen molar-refractivity contribution >= 4 is 47.0 Å². The van der Waals surface area contributed by atoms with Crippen molar-refractivity contribution in [1.29, 1.82) is 0 Å². The number of hydrogen-bond acceptors (Lipinski definition) is 0. The normalized spacial score (nSPS) is 4.29. The minimum absolute atomic E-state index is 0. The fourth-order valence-electron chi connectivity index (χ4n) is 0. The van der Waals surface area contributed by atoms with Gasteiger partial charge in [-0.1, -0.05) is 13.3 Å². The Bertz CT molecular complexity index is 10.0. The molecule has 42 valence electrons. The quantitative estimate of drug-likeness (QED) is 0.364. The molecule has 0 bridgehead atoms. The number of rotatable bonds is 1. The van der Waals surface area contributed by atoms with Crippen LogP contribution in [-0.4, -0.2) is 23.1 Å². The van der Waals surface area contributed by atoms with Gasteiger partial charge in [0, 0.05) is 0 Å². The summed E-state index contributed by atoms with van der Waals surface area (Å²) in [6.45, 7) is 5.72. The van der Waals surface area contributed by atoms with E-state index in [1.54, 1.807) is 0 Å². The average Bonchev–Trinajstić information content (AvgIpc) is 1.37. The van der Waals surface area contributed by atoms with E-state index in [1.807, 2.05) is 0 Å². The molecule has 0 saturated carbocycles. The van der Waals surface area contributed by atoms with Gasteiger partial charge in [-0.3, -0.25) is 0 Å². The van der Waals surface area contributed by atoms with E-state index in [0.717, 1.165) is 6.42 Å². The van der Waals surface area contributed by atoms with Gasteiger partial charge in [-0.2, -0.15) is 6.42 Å². The molecule has 0 radical (unpaired) electrons. The molecule has 0 aliphatic carbocycles. The smallest absolute Gasteiger partial charge is 0.358 e. The van der Waals surface area contributed by atoms with Gasteiger partial charge in [-0.05, 0) is 0 Å². The van der Waals surface area contributed by atoms with Crippen molar-refractivity contribution in [3.05, 3.63) is 14.4 Å². The van der Waals surface area contributed by atoms with E-state index in [4.69, 9.17) is 0 Å². The summed E-state index contributed by atoms with van der Waals surface area (Å²) in [5.74, 6) is 0. The van der Waals surface area contributed by atoms with Crippen LogP contribution in [0.2, 0.25) is 0 Å². The van der Waals surface area contributed by atoms with Gasteiger partial charge in [-0.15, -0.1) is 24.0 Å². The molecule has 0 amide bonds. The SMILES string of the molecule is I.[CH2-]CCC.[CH3-].[Mg+2]. The maximum absolute atomic E-state index is 3.60. The maximum Gasteiger partial charge on any atom is 2.00 e. The molecule has 0 aromatic heterocycles. The molecule has 0 heterocycles. The molecule has 0 saturated heterocycles. The summed E-state index contributed by atoms with van der Waals surface area (Å²) in [6.07, 6.45) is 2.28. The van der Waals surface area contributed by atoms with Crippen LogP contribution in [0.4, 0.5) is 0 Å². The molecule has 0 aliphatic rings. The average molecular weight is 224 g/mol. The van der Waals surface area contributed by atoms with Crippen molar-refractivity contribution in [3.8, 4) is 0 Å². The second kappa shape index (κ2) is 25.9. The van der Waals surface area contributed by atoms with E-state index in [0.29, 0.717) is 0 Å². The second-order valence-corrected chi connectivity index (χ2v) is 0.854. The Morgan fingerprint density at radius 2 is 1.57 bits per heavy atom. The van der Waals surface area contributed by atoms with E-state index in [1.165, 1.54) is 6.42 Å². The van der Waals surface area contributed by atoms with E-state index in [2.05, 4.69) is 13.8 Å². The molecule has 0 aromatic rings. The third kappa shape index (κ3) is 36.3. The molecule has 0 unspecified atom stereocenters. The molecule has 0 nitrogen and oxygen atoms in total. The van der Waals surface area contributed by atoms with Gasteiger partial charge < -0.3 is 14.4 Å². The Labute approximate surface area is 80.6 Å². The molecule has 0 N–H and O–H groups in total. The first kappa shape index (κ1) is 23.6. The molecule has 0 spiro atoms. The third-order valence-corrected chi connectivity index (χ3v) is 0.354. The van der Waals surface area contributed by atoms with Gasteiger partial charge in [0.05, 0.1) is 0 Å². The number of unbranched alkanes of at least 4 members (excludes halogenated alkanes) is 1. The van der Waals surface area contributed by atoms with E-state index >= 15 is 0 Å². The Hall–Kier alpha value is 1.50. The Balaban J connectivity index is -0.0000000150. The van der Waals surface area contributed by atoms with Crippen LogP contribution in [0.5, 0.6) is 0 Å². The molecule has 0 atom stereocenters. The van der Waals surface area contributed by atoms with Crippen LogP contribution in [-0.2, 0) is 0 Å². The van der Waals surface area contributed by atoms with Gasteiger partial charge >= 0.3 is 23.1 Å². The zero-order valence-corrected chi connectivity index (χ0v) is 8.98. The Morgan fingerprint density at radius 1 is 1.43 bits per heavy atom. The van der Waals surface area contributed by atoms with Crippen molar-refractivity contribution in [2.24, 2.45) is 0 Å². The van der Waals surface area contributed by atoms with Gasteiger partial charge in [0.15, 0.2) is 0 Å². The third-order valence-electron chi connectivity index (χ3n) is 0.354. The largest absolute Gasteiger partial charge is 2.00 e. The van der Waals surface area contributed by atoms with Crippen LogP contribution in [0, 0.1) is 14.4 Å². The molecule has 7 heavy (non-hydrogen) atoms. The van der Waals surface area contributed by atoms with Crippen molar-refractivity contribution < 1.29 is 0 Å². The first-order valence-corrected chi connectivity index (χ1v) is 1.71. The van der Waals surface area contributed by atoms with Crippen LogP contribution in [0.15, 0.2) is 0 Å². The second-order valence-electron chi connectivity index (χ2n) is 0.854. The standard InChI is InChI=1S/C4H9.CH3.HI.Mg/c1-3-4-2;;;/h1,3-4H2,2H3;1H3;1H;/q2*-1;;+2. The summed E-state index contributed by atoms with van der Waals surface area (Å²) < 4.78 is 0. The van der Waals surface area contributed by atoms with Crippen molar-refractivity contribution in [1.82, 2.24) is 0 Å². The van der Waals surface area contributed by atoms with Gasteiger partial charge in [0.25, 0.3) is 0 Å². The maximum atomic E-state index is 3.60. The van der Waals surface area contributed by atoms with Crippen LogP contribution < -0.4 is 0 Å². The monoisotopic (exact) mass is 224 g/mol. The van der Waals surface area contributed by atoms with Crippen LogP contribution in [0.3, 0.4) is 0 Å². The Morgan fingerprint density at radius 3 is 1.57 bits per heavy atom. The molecule has 2 heteroatoms. The number of hydrogen-bond donors (Lipinski definition) is 0. The van der Waals surface area contributed by atoms with Gasteiger partial charge in [0.1, 0.15) is 0 Å². The first-order valence-electron chi connectivity index (χ1n) is 1.71. The van der Waals surface area contributed by atoms with Crippen molar-refractivity contribution in [3.63, 3.8) is 0 Å². The topological polar surface area (TPSA) is 0 Å². The van der Waals surface area contributed by atoms with E-state index in [9.17, 15) is 0 Å². The minimum atomic E-state index is 0. The summed E-state index contributed by atoms with van der Waals surface area (Å²) >= 11 is 0.